The fraction of sp³-hybridized carbons (Fsp3) is 0.167. The number of anilines is 1. The van der Waals surface area contributed by atoms with Crippen LogP contribution < -0.4 is 5.32 Å². The molecule has 1 amide bonds. The number of nitrogens with one attached hydrogen (secondary N) is 1. The molecule has 1 aromatic heterocycles. The van der Waals surface area contributed by atoms with Gasteiger partial charge in [0.25, 0.3) is 0 Å². The number of nitrogens with zero attached hydrogens (tertiary/aromatic N) is 4. The van der Waals surface area contributed by atoms with Crippen LogP contribution in [-0.4, -0.2) is 35.8 Å². The summed E-state index contributed by atoms with van der Waals surface area (Å²) in [5.74, 6) is -0.260. The van der Waals surface area contributed by atoms with Crippen LogP contribution in [0, 0.1) is 11.3 Å². The highest BCUT2D eigenvalue weighted by Crippen LogP contribution is 2.22. The third-order valence-corrected chi connectivity index (χ3v) is 3.20. The third kappa shape index (κ3) is 4.58. The molecule has 122 valence electrons. The Labute approximate surface area is 141 Å². The predicted molar refractivity (Wildman–Crippen MR) is 96.1 cm³/mol. The highest BCUT2D eigenvalue weighted by molar-refractivity contribution is 6.02. The molecule has 0 aliphatic rings. The number of carbonyl (C=O) groups excluding carboxylic acids is 1. The summed E-state index contributed by atoms with van der Waals surface area (Å²) in [6.07, 6.45) is 6.72. The van der Waals surface area contributed by atoms with E-state index in [-0.39, 0.29) is 5.91 Å². The Morgan fingerprint density at radius 3 is 2.79 bits per heavy atom. The van der Waals surface area contributed by atoms with E-state index in [1.165, 1.54) is 6.08 Å². The Morgan fingerprint density at radius 1 is 1.38 bits per heavy atom. The second-order valence-corrected chi connectivity index (χ2v) is 5.42. The highest BCUT2D eigenvalue weighted by atomic mass is 16.1. The van der Waals surface area contributed by atoms with Crippen molar-refractivity contribution < 1.29 is 4.79 Å². The second-order valence-electron chi connectivity index (χ2n) is 5.42. The van der Waals surface area contributed by atoms with Crippen molar-refractivity contribution in [2.24, 2.45) is 12.0 Å². The first kappa shape index (κ1) is 17.0. The Morgan fingerprint density at radius 2 is 2.17 bits per heavy atom. The fourth-order valence-electron chi connectivity index (χ4n) is 1.99. The lowest BCUT2D eigenvalue weighted by atomic mass is 10.1. The molecule has 0 aliphatic carbocycles. The number of amides is 1. The van der Waals surface area contributed by atoms with Crippen LogP contribution >= 0.6 is 0 Å². The highest BCUT2D eigenvalue weighted by Gasteiger charge is 2.04. The number of rotatable bonds is 5. The topological polar surface area (TPSA) is 73.4 Å². The minimum Gasteiger partial charge on any atom is -0.369 e. The molecule has 0 saturated heterocycles. The lowest BCUT2D eigenvalue weighted by molar-refractivity contribution is -0.111. The van der Waals surface area contributed by atoms with Crippen molar-refractivity contribution in [1.82, 2.24) is 9.47 Å². The van der Waals surface area contributed by atoms with Crippen LogP contribution in [0.15, 0.2) is 47.6 Å². The number of hydrogen-bond donors (Lipinski definition) is 1. The summed E-state index contributed by atoms with van der Waals surface area (Å²) in [6, 6.07) is 10.9. The third-order valence-electron chi connectivity index (χ3n) is 3.20. The molecule has 0 radical (unpaired) electrons. The molecule has 0 unspecified atom stereocenters. The summed E-state index contributed by atoms with van der Waals surface area (Å²) in [4.78, 5) is 18.0. The zero-order chi connectivity index (χ0) is 17.5. The van der Waals surface area contributed by atoms with E-state index in [9.17, 15) is 10.1 Å². The quantitative estimate of drug-likeness (QED) is 0.523. The molecule has 0 bridgehead atoms. The maximum absolute atomic E-state index is 12.0. The van der Waals surface area contributed by atoms with Gasteiger partial charge in [0.05, 0.1) is 17.6 Å². The molecule has 0 aliphatic heterocycles. The molecule has 2 aromatic rings. The molecule has 0 spiro atoms. The molecule has 2 rings (SSSR count). The van der Waals surface area contributed by atoms with Crippen molar-refractivity contribution in [2.75, 3.05) is 19.4 Å². The number of aromatic nitrogens is 1. The van der Waals surface area contributed by atoms with Gasteiger partial charge in [0, 0.05) is 44.8 Å². The molecule has 1 aromatic carbocycles. The van der Waals surface area contributed by atoms with Gasteiger partial charge in [0.15, 0.2) is 0 Å². The van der Waals surface area contributed by atoms with Crippen molar-refractivity contribution in [3.63, 3.8) is 0 Å². The SMILES string of the molecule is CN(C)/C=N/c1ccc(NC(=O)/C=C/c2cccn2C)cc1C#N. The Hall–Kier alpha value is -3.33. The number of carbonyl (C=O) groups is 1. The van der Waals surface area contributed by atoms with Crippen LogP contribution in [0.2, 0.25) is 0 Å². The van der Waals surface area contributed by atoms with E-state index in [0.717, 1.165) is 5.69 Å². The zero-order valence-corrected chi connectivity index (χ0v) is 13.9. The van der Waals surface area contributed by atoms with Crippen LogP contribution in [0.5, 0.6) is 0 Å². The van der Waals surface area contributed by atoms with Gasteiger partial charge in [-0.3, -0.25) is 4.79 Å². The molecule has 0 atom stereocenters. The van der Waals surface area contributed by atoms with E-state index in [2.05, 4.69) is 16.4 Å². The van der Waals surface area contributed by atoms with Crippen molar-refractivity contribution in [2.45, 2.75) is 0 Å². The average molecular weight is 321 g/mol. The smallest absolute Gasteiger partial charge is 0.248 e. The maximum atomic E-state index is 12.0. The van der Waals surface area contributed by atoms with Crippen LogP contribution in [0.3, 0.4) is 0 Å². The monoisotopic (exact) mass is 321 g/mol. The Kier molecular flexibility index (Phi) is 5.53. The summed E-state index contributed by atoms with van der Waals surface area (Å²) in [5.41, 5.74) is 2.44. The zero-order valence-electron chi connectivity index (χ0n) is 13.9. The van der Waals surface area contributed by atoms with Crippen LogP contribution in [0.4, 0.5) is 11.4 Å². The van der Waals surface area contributed by atoms with Gasteiger partial charge >= 0.3 is 0 Å². The number of hydrogen-bond acceptors (Lipinski definition) is 3. The Balaban J connectivity index is 2.10. The molecule has 1 heterocycles. The van der Waals surface area contributed by atoms with Crippen LogP contribution in [0.25, 0.3) is 6.08 Å². The summed E-state index contributed by atoms with van der Waals surface area (Å²) in [5, 5.41) is 12.0. The van der Waals surface area contributed by atoms with Gasteiger partial charge in [-0.05, 0) is 36.4 Å². The first-order valence-corrected chi connectivity index (χ1v) is 7.35. The predicted octanol–water partition coefficient (Wildman–Crippen LogP) is 2.77. The molecular weight excluding hydrogens is 302 g/mol. The molecule has 24 heavy (non-hydrogen) atoms. The molecule has 0 saturated carbocycles. The largest absolute Gasteiger partial charge is 0.369 e. The van der Waals surface area contributed by atoms with E-state index < -0.39 is 0 Å². The Bertz CT molecular complexity index is 824. The molecular formula is C18H19N5O. The maximum Gasteiger partial charge on any atom is 0.248 e. The van der Waals surface area contributed by atoms with Crippen molar-refractivity contribution >= 4 is 29.7 Å². The lowest BCUT2D eigenvalue weighted by Gasteiger charge is -2.06. The van der Waals surface area contributed by atoms with E-state index in [1.54, 1.807) is 35.5 Å². The number of aryl methyl sites for hydroxylation is 1. The van der Waals surface area contributed by atoms with Gasteiger partial charge in [-0.25, -0.2) is 4.99 Å². The lowest BCUT2D eigenvalue weighted by Crippen LogP contribution is -2.08. The average Bonchev–Trinajstić information content (AvgIpc) is 2.96. The minimum absolute atomic E-state index is 0.260. The van der Waals surface area contributed by atoms with Crippen LogP contribution in [-0.2, 0) is 11.8 Å². The van der Waals surface area contributed by atoms with Gasteiger partial charge in [0.1, 0.15) is 6.07 Å². The fourth-order valence-corrected chi connectivity index (χ4v) is 1.99. The first-order valence-electron chi connectivity index (χ1n) is 7.35. The van der Waals surface area contributed by atoms with E-state index in [1.807, 2.05) is 44.0 Å². The summed E-state index contributed by atoms with van der Waals surface area (Å²) >= 11 is 0. The van der Waals surface area contributed by atoms with E-state index in [4.69, 9.17) is 0 Å². The summed E-state index contributed by atoms with van der Waals surface area (Å²) < 4.78 is 1.91. The molecule has 6 nitrogen and oxygen atoms in total. The van der Waals surface area contributed by atoms with Crippen molar-refractivity contribution in [3.8, 4) is 6.07 Å². The standard InChI is InChI=1S/C18H19N5O/c1-22(2)13-20-17-8-6-15(11-14(17)12-19)21-18(24)9-7-16-5-4-10-23(16)3/h4-11,13H,1-3H3,(H,21,24)/b9-7+,20-13+. The van der Waals surface area contributed by atoms with Gasteiger partial charge in [0.2, 0.25) is 5.91 Å². The van der Waals surface area contributed by atoms with Crippen LogP contribution in [0.1, 0.15) is 11.3 Å². The molecule has 6 heteroatoms. The first-order chi connectivity index (χ1) is 11.5. The molecule has 1 N–H and O–H groups in total. The van der Waals surface area contributed by atoms with Crippen molar-refractivity contribution in [1.29, 1.82) is 5.26 Å². The summed E-state index contributed by atoms with van der Waals surface area (Å²) in [6.45, 7) is 0. The number of benzene rings is 1. The molecule has 0 fully saturated rings. The van der Waals surface area contributed by atoms with Crippen molar-refractivity contribution in [3.05, 3.63) is 53.9 Å². The van der Waals surface area contributed by atoms with E-state index in [0.29, 0.717) is 16.9 Å². The van der Waals surface area contributed by atoms with Gasteiger partial charge in [-0.1, -0.05) is 0 Å². The van der Waals surface area contributed by atoms with Gasteiger partial charge < -0.3 is 14.8 Å². The number of aliphatic imine (C=N–C) groups is 1. The van der Waals surface area contributed by atoms with E-state index >= 15 is 0 Å². The minimum atomic E-state index is -0.260. The normalized spacial score (nSPS) is 10.9. The second kappa shape index (κ2) is 7.79. The number of nitriles is 1. The summed E-state index contributed by atoms with van der Waals surface area (Å²) in [7, 11) is 5.61. The van der Waals surface area contributed by atoms with Gasteiger partial charge in [-0.2, -0.15) is 5.26 Å². The van der Waals surface area contributed by atoms with Gasteiger partial charge in [-0.15, -0.1) is 0 Å².